The van der Waals surface area contributed by atoms with E-state index in [9.17, 15) is 4.79 Å². The van der Waals surface area contributed by atoms with Gasteiger partial charge in [-0.2, -0.15) is 0 Å². The van der Waals surface area contributed by atoms with Gasteiger partial charge in [0.15, 0.2) is 0 Å². The highest BCUT2D eigenvalue weighted by molar-refractivity contribution is 9.08. The maximum absolute atomic E-state index is 11.6. The third kappa shape index (κ3) is 1.89. The van der Waals surface area contributed by atoms with Crippen molar-refractivity contribution in [2.24, 2.45) is 0 Å². The maximum Gasteiger partial charge on any atom is 0.270 e. The molecule has 2 aromatic rings. The van der Waals surface area contributed by atoms with Crippen LogP contribution in [-0.2, 0) is 11.8 Å². The molecule has 0 saturated heterocycles. The second-order valence-corrected chi connectivity index (χ2v) is 4.37. The van der Waals surface area contributed by atoms with Gasteiger partial charge in [-0.05, 0) is 30.5 Å². The van der Waals surface area contributed by atoms with Gasteiger partial charge in [0.2, 0.25) is 0 Å². The van der Waals surface area contributed by atoms with Crippen LogP contribution in [0.3, 0.4) is 0 Å². The van der Waals surface area contributed by atoms with Crippen LogP contribution < -0.4 is 5.56 Å². The number of alkyl halides is 1. The lowest BCUT2D eigenvalue weighted by Crippen LogP contribution is -2.14. The monoisotopic (exact) mass is 280 g/mol. The van der Waals surface area contributed by atoms with Crippen LogP contribution in [0.5, 0.6) is 0 Å². The van der Waals surface area contributed by atoms with Crippen LogP contribution in [0.4, 0.5) is 0 Å². The minimum atomic E-state index is -0.0823. The zero-order valence-corrected chi connectivity index (χ0v) is 10.9. The minimum absolute atomic E-state index is 0.0823. The average Bonchev–Trinajstić information content (AvgIpc) is 2.28. The predicted molar refractivity (Wildman–Crippen MR) is 69.1 cm³/mol. The molecule has 1 N–H and O–H groups in total. The standard InChI is InChI=1S/C12H13BrN2O/c1-3-9-12(16)15-10-5-8(6-13)4-7(2)11(10)14-9/h4-5H,3,6H2,1-2H3,(H,15,16). The first-order chi connectivity index (χ1) is 7.65. The van der Waals surface area contributed by atoms with E-state index in [0.717, 1.165) is 27.5 Å². The zero-order chi connectivity index (χ0) is 11.7. The summed E-state index contributed by atoms with van der Waals surface area (Å²) in [6.07, 6.45) is 0.658. The molecule has 0 bridgehead atoms. The normalized spacial score (nSPS) is 10.9. The summed E-state index contributed by atoms with van der Waals surface area (Å²) in [5, 5.41) is 0.779. The van der Waals surface area contributed by atoms with E-state index in [2.05, 4.69) is 32.0 Å². The second kappa shape index (κ2) is 4.37. The molecule has 0 aliphatic carbocycles. The number of nitrogens with one attached hydrogen (secondary N) is 1. The molecule has 4 heteroatoms. The molecule has 0 aliphatic heterocycles. The Balaban J connectivity index is 2.80. The first-order valence-corrected chi connectivity index (χ1v) is 6.36. The Bertz CT molecular complexity index is 589. The smallest absolute Gasteiger partial charge is 0.270 e. The van der Waals surface area contributed by atoms with E-state index >= 15 is 0 Å². The Hall–Kier alpha value is -1.16. The molecule has 0 unspecified atom stereocenters. The summed E-state index contributed by atoms with van der Waals surface area (Å²) in [6, 6.07) is 4.05. The van der Waals surface area contributed by atoms with Gasteiger partial charge in [-0.25, -0.2) is 4.98 Å². The summed E-state index contributed by atoms with van der Waals surface area (Å²) in [4.78, 5) is 18.9. The largest absolute Gasteiger partial charge is 0.319 e. The Morgan fingerprint density at radius 3 is 2.81 bits per heavy atom. The molecule has 0 fully saturated rings. The first kappa shape index (κ1) is 11.3. The number of halogens is 1. The number of nitrogens with zero attached hydrogens (tertiary/aromatic N) is 1. The van der Waals surface area contributed by atoms with Crippen LogP contribution in [0.25, 0.3) is 11.0 Å². The highest BCUT2D eigenvalue weighted by Crippen LogP contribution is 2.18. The quantitative estimate of drug-likeness (QED) is 0.860. The molecule has 1 aromatic carbocycles. The number of aromatic amines is 1. The van der Waals surface area contributed by atoms with Crippen molar-refractivity contribution in [2.45, 2.75) is 25.6 Å². The second-order valence-electron chi connectivity index (χ2n) is 3.81. The third-order valence-electron chi connectivity index (χ3n) is 2.61. The van der Waals surface area contributed by atoms with Gasteiger partial charge in [-0.3, -0.25) is 4.79 Å². The van der Waals surface area contributed by atoms with Crippen LogP contribution in [-0.4, -0.2) is 9.97 Å². The molecule has 0 saturated carbocycles. The van der Waals surface area contributed by atoms with E-state index in [0.29, 0.717) is 12.1 Å². The Kier molecular flexibility index (Phi) is 3.10. The van der Waals surface area contributed by atoms with Gasteiger partial charge in [0.25, 0.3) is 5.56 Å². The Morgan fingerprint density at radius 1 is 1.44 bits per heavy atom. The number of hydrogen-bond donors (Lipinski definition) is 1. The molecule has 0 aliphatic rings. The molecule has 0 radical (unpaired) electrons. The molecule has 84 valence electrons. The Morgan fingerprint density at radius 2 is 2.19 bits per heavy atom. The average molecular weight is 281 g/mol. The number of aromatic nitrogens is 2. The number of benzene rings is 1. The molecular weight excluding hydrogens is 268 g/mol. The molecule has 1 aromatic heterocycles. The summed E-state index contributed by atoms with van der Waals surface area (Å²) in [7, 11) is 0. The molecular formula is C12H13BrN2O. The fraction of sp³-hybridized carbons (Fsp3) is 0.333. The number of hydrogen-bond acceptors (Lipinski definition) is 2. The maximum atomic E-state index is 11.6. The van der Waals surface area contributed by atoms with Gasteiger partial charge in [-0.15, -0.1) is 0 Å². The Labute approximate surface area is 102 Å². The SMILES string of the molecule is CCc1nc2c(C)cc(CBr)cc2[nH]c1=O. The van der Waals surface area contributed by atoms with Crippen molar-refractivity contribution in [2.75, 3.05) is 0 Å². The summed E-state index contributed by atoms with van der Waals surface area (Å²) < 4.78 is 0. The van der Waals surface area contributed by atoms with Crippen LogP contribution in [0.15, 0.2) is 16.9 Å². The van der Waals surface area contributed by atoms with Gasteiger partial charge in [0, 0.05) is 5.33 Å². The summed E-state index contributed by atoms with van der Waals surface area (Å²) in [5.41, 5.74) is 4.46. The van der Waals surface area contributed by atoms with E-state index in [-0.39, 0.29) is 5.56 Å². The molecule has 3 nitrogen and oxygen atoms in total. The van der Waals surface area contributed by atoms with Crippen molar-refractivity contribution in [3.05, 3.63) is 39.3 Å². The van der Waals surface area contributed by atoms with Crippen LogP contribution in [0.2, 0.25) is 0 Å². The lowest BCUT2D eigenvalue weighted by molar-refractivity contribution is 0.993. The van der Waals surface area contributed by atoms with Crippen molar-refractivity contribution in [1.29, 1.82) is 0 Å². The van der Waals surface area contributed by atoms with Crippen molar-refractivity contribution >= 4 is 27.0 Å². The molecule has 1 heterocycles. The summed E-state index contributed by atoms with van der Waals surface area (Å²) in [5.74, 6) is 0. The summed E-state index contributed by atoms with van der Waals surface area (Å²) >= 11 is 3.41. The van der Waals surface area contributed by atoms with Gasteiger partial charge < -0.3 is 4.98 Å². The van der Waals surface area contributed by atoms with E-state index in [1.165, 1.54) is 0 Å². The molecule has 16 heavy (non-hydrogen) atoms. The van der Waals surface area contributed by atoms with Gasteiger partial charge >= 0.3 is 0 Å². The third-order valence-corrected chi connectivity index (χ3v) is 3.25. The topological polar surface area (TPSA) is 45.8 Å². The van der Waals surface area contributed by atoms with Gasteiger partial charge in [0.05, 0.1) is 11.0 Å². The van der Waals surface area contributed by atoms with Gasteiger partial charge in [0.1, 0.15) is 5.69 Å². The summed E-state index contributed by atoms with van der Waals surface area (Å²) in [6.45, 7) is 3.95. The van der Waals surface area contributed by atoms with E-state index < -0.39 is 0 Å². The van der Waals surface area contributed by atoms with Crippen LogP contribution in [0, 0.1) is 6.92 Å². The molecule has 0 spiro atoms. The molecule has 2 rings (SSSR count). The predicted octanol–water partition coefficient (Wildman–Crippen LogP) is 2.69. The van der Waals surface area contributed by atoms with Gasteiger partial charge in [-0.1, -0.05) is 28.9 Å². The molecule has 0 atom stereocenters. The van der Waals surface area contributed by atoms with Crippen molar-refractivity contribution in [3.63, 3.8) is 0 Å². The van der Waals surface area contributed by atoms with Crippen LogP contribution in [0.1, 0.15) is 23.7 Å². The fourth-order valence-electron chi connectivity index (χ4n) is 1.79. The van der Waals surface area contributed by atoms with Crippen molar-refractivity contribution in [3.8, 4) is 0 Å². The lowest BCUT2D eigenvalue weighted by atomic mass is 10.1. The zero-order valence-electron chi connectivity index (χ0n) is 9.30. The fourth-order valence-corrected chi connectivity index (χ4v) is 2.12. The molecule has 0 amide bonds. The number of H-pyrrole nitrogens is 1. The number of fused-ring (bicyclic) bond motifs is 1. The number of aryl methyl sites for hydroxylation is 2. The van der Waals surface area contributed by atoms with E-state index in [1.54, 1.807) is 0 Å². The highest BCUT2D eigenvalue weighted by Gasteiger charge is 2.06. The lowest BCUT2D eigenvalue weighted by Gasteiger charge is -2.05. The van der Waals surface area contributed by atoms with E-state index in [1.807, 2.05) is 19.9 Å². The first-order valence-electron chi connectivity index (χ1n) is 5.24. The minimum Gasteiger partial charge on any atom is -0.319 e. The van der Waals surface area contributed by atoms with Crippen molar-refractivity contribution < 1.29 is 0 Å². The number of rotatable bonds is 2. The van der Waals surface area contributed by atoms with E-state index in [4.69, 9.17) is 0 Å². The highest BCUT2D eigenvalue weighted by atomic mass is 79.9. The van der Waals surface area contributed by atoms with Crippen molar-refractivity contribution in [1.82, 2.24) is 9.97 Å². The van der Waals surface area contributed by atoms with Crippen LogP contribution >= 0.6 is 15.9 Å².